The Morgan fingerprint density at radius 2 is 0.417 bits per heavy atom. The zero-order valence-corrected chi connectivity index (χ0v) is 9.87. The first-order valence-corrected chi connectivity index (χ1v) is 3.33. The van der Waals surface area contributed by atoms with Crippen LogP contribution in [-0.2, 0) is 26.2 Å². The van der Waals surface area contributed by atoms with E-state index < -0.39 is 0 Å². The molecular weight excluding hydrogens is 247 g/mol. The van der Waals surface area contributed by atoms with Crippen LogP contribution in [-0.4, -0.2) is 0 Å². The van der Waals surface area contributed by atoms with E-state index in [4.69, 9.17) is 0 Å². The van der Waals surface area contributed by atoms with Gasteiger partial charge in [0.25, 0.3) is 0 Å². The molecule has 12 heavy (non-hydrogen) atoms. The van der Waals surface area contributed by atoms with Crippen LogP contribution in [0, 0.1) is 64.2 Å². The Morgan fingerprint density at radius 1 is 0.333 bits per heavy atom. The molecule has 2 saturated carbocycles. The fraction of sp³-hybridized carbons (Fsp3) is 0. The summed E-state index contributed by atoms with van der Waals surface area (Å²) in [5.41, 5.74) is 0. The smallest absolute Gasteiger partial charge is 1.00 e. The quantitative estimate of drug-likeness (QED) is 0.524. The molecule has 2 heteroatoms. The van der Waals surface area contributed by atoms with Gasteiger partial charge in [-0.2, -0.15) is 0 Å². The van der Waals surface area contributed by atoms with Crippen molar-refractivity contribution in [1.82, 2.24) is 0 Å². The first kappa shape index (κ1) is 15.6. The molecule has 0 aromatic heterocycles. The van der Waals surface area contributed by atoms with Gasteiger partial charge in [0.2, 0.25) is 0 Å². The molecule has 0 atom stereocenters. The average molecular weight is 257 g/mol. The van der Waals surface area contributed by atoms with Crippen molar-refractivity contribution in [3.8, 4) is 0 Å². The van der Waals surface area contributed by atoms with Gasteiger partial charge < -0.3 is 12.4 Å². The van der Waals surface area contributed by atoms with Gasteiger partial charge in [-0.05, 0) is 64.2 Å². The second kappa shape index (κ2) is 12.2. The third kappa shape index (κ3) is 9.26. The molecule has 59 valence electrons. The normalized spacial score (nSPS) is 20.0. The van der Waals surface area contributed by atoms with Crippen molar-refractivity contribution >= 4 is 0 Å². The molecule has 0 spiro atoms. The molecule has 0 bridgehead atoms. The fourth-order valence-corrected chi connectivity index (χ4v) is 0.642. The molecule has 0 saturated heterocycles. The number of halogens is 1. The van der Waals surface area contributed by atoms with Gasteiger partial charge in [-0.25, -0.2) is 0 Å². The first-order valence-electron chi connectivity index (χ1n) is 3.33. The zero-order valence-electron chi connectivity index (χ0n) is 6.65. The molecule has 2 rings (SSSR count). The van der Waals surface area contributed by atoms with E-state index in [-0.39, 0.29) is 38.6 Å². The van der Waals surface area contributed by atoms with Gasteiger partial charge in [0.05, 0.1) is 0 Å². The van der Waals surface area contributed by atoms with Gasteiger partial charge in [-0.1, -0.05) is 0 Å². The molecular formula is C10H10ClZr+2. The predicted octanol–water partition coefficient (Wildman–Crippen LogP) is -0.956. The van der Waals surface area contributed by atoms with E-state index in [1.807, 2.05) is 64.2 Å². The Balaban J connectivity index is 0. The number of hydrogen-bond donors (Lipinski definition) is 0. The van der Waals surface area contributed by atoms with E-state index in [1.165, 1.54) is 0 Å². The zero-order chi connectivity index (χ0) is 7.07. The fourth-order valence-electron chi connectivity index (χ4n) is 0.642. The summed E-state index contributed by atoms with van der Waals surface area (Å²) in [6, 6.07) is 0. The van der Waals surface area contributed by atoms with Crippen LogP contribution in [0.3, 0.4) is 0 Å². The topological polar surface area (TPSA) is 0 Å². The van der Waals surface area contributed by atoms with Crippen LogP contribution in [0.15, 0.2) is 0 Å². The minimum absolute atomic E-state index is 0. The van der Waals surface area contributed by atoms with Crippen molar-refractivity contribution in [2.45, 2.75) is 0 Å². The van der Waals surface area contributed by atoms with Crippen molar-refractivity contribution in [2.24, 2.45) is 0 Å². The van der Waals surface area contributed by atoms with Gasteiger partial charge in [0.15, 0.2) is 0 Å². The van der Waals surface area contributed by atoms with Crippen LogP contribution < -0.4 is 12.4 Å². The standard InChI is InChI=1S/2C5H5.ClH.Zr/c2*1-2-4-5-3-1;;/h2*1-5H;1H;/q;;;+3/p-1. The Kier molecular flexibility index (Phi) is 15.9. The van der Waals surface area contributed by atoms with Gasteiger partial charge in [0, 0.05) is 0 Å². The predicted molar refractivity (Wildman–Crippen MR) is 43.0 cm³/mol. The maximum atomic E-state index is 2.00. The minimum Gasteiger partial charge on any atom is -1.00 e. The summed E-state index contributed by atoms with van der Waals surface area (Å²) in [6.07, 6.45) is 20.0. The van der Waals surface area contributed by atoms with Crippen LogP contribution in [0.2, 0.25) is 0 Å². The average Bonchev–Trinajstić information content (AvgIpc) is 2.67. The Labute approximate surface area is 102 Å². The Hall–Kier alpha value is 1.17. The van der Waals surface area contributed by atoms with Gasteiger partial charge in [0.1, 0.15) is 0 Å². The summed E-state index contributed by atoms with van der Waals surface area (Å²) in [5, 5.41) is 0. The maximum absolute atomic E-state index is 2.00. The summed E-state index contributed by atoms with van der Waals surface area (Å²) < 4.78 is 0. The van der Waals surface area contributed by atoms with Gasteiger partial charge in [-0.3, -0.25) is 0 Å². The summed E-state index contributed by atoms with van der Waals surface area (Å²) in [6.45, 7) is 0. The van der Waals surface area contributed by atoms with Crippen LogP contribution >= 0.6 is 0 Å². The van der Waals surface area contributed by atoms with E-state index in [0.29, 0.717) is 0 Å². The molecule has 0 aromatic rings. The van der Waals surface area contributed by atoms with Crippen molar-refractivity contribution in [1.29, 1.82) is 0 Å². The monoisotopic (exact) mass is 255 g/mol. The second-order valence-corrected chi connectivity index (χ2v) is 1.92. The van der Waals surface area contributed by atoms with E-state index in [2.05, 4.69) is 0 Å². The summed E-state index contributed by atoms with van der Waals surface area (Å²) in [7, 11) is 0. The van der Waals surface area contributed by atoms with E-state index in [1.54, 1.807) is 0 Å². The molecule has 0 aromatic carbocycles. The van der Waals surface area contributed by atoms with Crippen LogP contribution in [0.25, 0.3) is 0 Å². The summed E-state index contributed by atoms with van der Waals surface area (Å²) >= 11 is 0. The molecule has 0 aliphatic heterocycles. The molecule has 0 heterocycles. The van der Waals surface area contributed by atoms with Crippen molar-refractivity contribution in [3.63, 3.8) is 0 Å². The molecule has 2 fully saturated rings. The van der Waals surface area contributed by atoms with Gasteiger partial charge >= 0.3 is 26.2 Å². The Bertz CT molecular complexity index is 43.0. The Morgan fingerprint density at radius 3 is 0.500 bits per heavy atom. The largest absolute Gasteiger partial charge is 3.00 e. The van der Waals surface area contributed by atoms with E-state index in [9.17, 15) is 0 Å². The summed E-state index contributed by atoms with van der Waals surface area (Å²) in [4.78, 5) is 0. The SMILES string of the molecule is [CH]1[CH][CH][CH][CH]1.[CH]1[CH][CH][CH][CH]1.[Cl-].[Zr+3]. The minimum atomic E-state index is 0. The molecule has 0 unspecified atom stereocenters. The molecule has 0 nitrogen and oxygen atoms in total. The number of rotatable bonds is 0. The van der Waals surface area contributed by atoms with Crippen LogP contribution in [0.5, 0.6) is 0 Å². The van der Waals surface area contributed by atoms with Crippen molar-refractivity contribution in [2.75, 3.05) is 0 Å². The van der Waals surface area contributed by atoms with Crippen molar-refractivity contribution < 1.29 is 38.6 Å². The van der Waals surface area contributed by atoms with Gasteiger partial charge in [-0.15, -0.1) is 0 Å². The summed E-state index contributed by atoms with van der Waals surface area (Å²) in [5.74, 6) is 0. The van der Waals surface area contributed by atoms with Crippen molar-refractivity contribution in [3.05, 3.63) is 64.2 Å². The third-order valence-electron chi connectivity index (χ3n) is 1.11. The molecule has 0 amide bonds. The second-order valence-electron chi connectivity index (χ2n) is 1.92. The molecule has 2 aliphatic carbocycles. The van der Waals surface area contributed by atoms with Crippen LogP contribution in [0.4, 0.5) is 0 Å². The molecule has 2 aliphatic rings. The van der Waals surface area contributed by atoms with E-state index in [0.717, 1.165) is 0 Å². The van der Waals surface area contributed by atoms with Crippen LogP contribution in [0.1, 0.15) is 0 Å². The maximum Gasteiger partial charge on any atom is 3.00 e. The third-order valence-corrected chi connectivity index (χ3v) is 1.11. The molecule has 11 radical (unpaired) electrons. The number of hydrogen-bond acceptors (Lipinski definition) is 0. The first-order chi connectivity index (χ1) is 5.00. The molecule has 0 N–H and O–H groups in total. The van der Waals surface area contributed by atoms with E-state index >= 15 is 0 Å².